The Kier molecular flexibility index (Phi) is 3.98. The van der Waals surface area contributed by atoms with Crippen LogP contribution in [0.15, 0.2) is 48.8 Å². The van der Waals surface area contributed by atoms with Crippen molar-refractivity contribution in [3.8, 4) is 17.2 Å². The van der Waals surface area contributed by atoms with Crippen molar-refractivity contribution < 1.29 is 0 Å². The zero-order valence-corrected chi connectivity index (χ0v) is 14.7. The highest BCUT2D eigenvalue weighted by Crippen LogP contribution is 2.20. The second-order valence-corrected chi connectivity index (χ2v) is 6.50. The Bertz CT molecular complexity index is 1020. The first kappa shape index (κ1) is 15.9. The number of aryl methyl sites for hydroxylation is 1. The van der Waals surface area contributed by atoms with Gasteiger partial charge < -0.3 is 9.88 Å². The number of rotatable bonds is 4. The molecule has 27 heavy (non-hydrogen) atoms. The van der Waals surface area contributed by atoms with Crippen molar-refractivity contribution in [2.45, 2.75) is 26.1 Å². The Morgan fingerprint density at radius 3 is 3.00 bits per heavy atom. The van der Waals surface area contributed by atoms with Crippen LogP contribution in [0, 0.1) is 0 Å². The van der Waals surface area contributed by atoms with Gasteiger partial charge in [0.1, 0.15) is 5.69 Å². The molecular weight excluding hydrogens is 342 g/mol. The van der Waals surface area contributed by atoms with E-state index < -0.39 is 0 Å². The third-order valence-corrected chi connectivity index (χ3v) is 4.68. The van der Waals surface area contributed by atoms with E-state index in [0.29, 0.717) is 6.54 Å². The first-order chi connectivity index (χ1) is 13.4. The van der Waals surface area contributed by atoms with E-state index in [9.17, 15) is 0 Å². The molecule has 0 unspecified atom stereocenters. The van der Waals surface area contributed by atoms with Gasteiger partial charge in [-0.05, 0) is 41.6 Å². The van der Waals surface area contributed by atoms with Gasteiger partial charge in [-0.2, -0.15) is 9.78 Å². The van der Waals surface area contributed by atoms with Crippen LogP contribution < -0.4 is 5.32 Å². The summed E-state index contributed by atoms with van der Waals surface area (Å²) in [4.78, 5) is 4.53. The van der Waals surface area contributed by atoms with Gasteiger partial charge in [-0.1, -0.05) is 18.2 Å². The molecule has 0 atom stereocenters. The molecule has 1 aliphatic rings. The topological polar surface area (TPSA) is 91.3 Å². The van der Waals surface area contributed by atoms with Crippen molar-refractivity contribution in [1.82, 2.24) is 44.9 Å². The number of para-hydroxylation sites is 1. The highest BCUT2D eigenvalue weighted by atomic mass is 15.5. The summed E-state index contributed by atoms with van der Waals surface area (Å²) in [7, 11) is 0. The van der Waals surface area contributed by atoms with Crippen LogP contribution in [0.3, 0.4) is 0 Å². The number of nitrogens with zero attached hydrogens (tertiary/aromatic N) is 8. The van der Waals surface area contributed by atoms with Crippen LogP contribution >= 0.6 is 0 Å². The molecule has 3 aromatic heterocycles. The third kappa shape index (κ3) is 3.02. The Morgan fingerprint density at radius 1 is 1.15 bits per heavy atom. The van der Waals surface area contributed by atoms with E-state index in [0.717, 1.165) is 49.1 Å². The summed E-state index contributed by atoms with van der Waals surface area (Å²) < 4.78 is 5.85. The van der Waals surface area contributed by atoms with Crippen molar-refractivity contribution in [1.29, 1.82) is 0 Å². The fraction of sp³-hybridized carbons (Fsp3) is 0.278. The SMILES string of the molecule is c1ccc(-n2nnnc2Cn2ccnc2-c2cc3n(n2)CCCNC3)cc1. The van der Waals surface area contributed by atoms with E-state index in [2.05, 4.69) is 36.6 Å². The predicted molar refractivity (Wildman–Crippen MR) is 98.0 cm³/mol. The zero-order valence-electron chi connectivity index (χ0n) is 14.7. The first-order valence-corrected chi connectivity index (χ1v) is 9.00. The van der Waals surface area contributed by atoms with Crippen molar-refractivity contribution in [2.75, 3.05) is 6.54 Å². The summed E-state index contributed by atoms with van der Waals surface area (Å²) in [6, 6.07) is 12.0. The summed E-state index contributed by atoms with van der Waals surface area (Å²) in [6.07, 6.45) is 4.80. The second kappa shape index (κ2) is 6.76. The van der Waals surface area contributed by atoms with E-state index in [-0.39, 0.29) is 0 Å². The van der Waals surface area contributed by atoms with Crippen LogP contribution in [0.5, 0.6) is 0 Å². The average molecular weight is 361 g/mol. The van der Waals surface area contributed by atoms with Gasteiger partial charge in [-0.15, -0.1) is 5.10 Å². The zero-order chi connectivity index (χ0) is 18.1. The molecule has 0 saturated heterocycles. The van der Waals surface area contributed by atoms with Gasteiger partial charge >= 0.3 is 0 Å². The van der Waals surface area contributed by atoms with Gasteiger partial charge in [0.25, 0.3) is 0 Å². The van der Waals surface area contributed by atoms with Crippen LogP contribution in [-0.4, -0.2) is 46.1 Å². The fourth-order valence-corrected chi connectivity index (χ4v) is 3.37. The van der Waals surface area contributed by atoms with Crippen LogP contribution in [-0.2, 0) is 19.6 Å². The standard InChI is InChI=1S/C18H19N9/c1-2-5-14(6-3-1)27-17(21-23-24-27)13-25-10-8-20-18(25)16-11-15-12-19-7-4-9-26(15)22-16/h1-3,5-6,8,10-11,19H,4,7,9,12-13H2. The lowest BCUT2D eigenvalue weighted by Crippen LogP contribution is -2.11. The molecule has 0 amide bonds. The molecule has 9 nitrogen and oxygen atoms in total. The Morgan fingerprint density at radius 2 is 2.07 bits per heavy atom. The van der Waals surface area contributed by atoms with Crippen molar-refractivity contribution in [3.63, 3.8) is 0 Å². The van der Waals surface area contributed by atoms with Crippen LogP contribution in [0.2, 0.25) is 0 Å². The molecule has 0 saturated carbocycles. The quantitative estimate of drug-likeness (QED) is 0.588. The molecule has 1 aliphatic heterocycles. The Hall–Kier alpha value is -3.33. The normalized spacial score (nSPS) is 14.1. The van der Waals surface area contributed by atoms with Crippen LogP contribution in [0.25, 0.3) is 17.2 Å². The summed E-state index contributed by atoms with van der Waals surface area (Å²) in [6.45, 7) is 3.29. The summed E-state index contributed by atoms with van der Waals surface area (Å²) in [5.74, 6) is 1.56. The summed E-state index contributed by atoms with van der Waals surface area (Å²) in [5, 5.41) is 20.3. The molecule has 5 rings (SSSR count). The van der Waals surface area contributed by atoms with Crippen LogP contribution in [0.1, 0.15) is 17.9 Å². The van der Waals surface area contributed by atoms with Crippen molar-refractivity contribution in [3.05, 3.63) is 60.3 Å². The smallest absolute Gasteiger partial charge is 0.176 e. The van der Waals surface area contributed by atoms with Gasteiger partial charge in [0.2, 0.25) is 0 Å². The molecule has 4 aromatic rings. The summed E-state index contributed by atoms with van der Waals surface area (Å²) in [5.41, 5.74) is 2.99. The number of benzene rings is 1. The molecule has 9 heteroatoms. The van der Waals surface area contributed by atoms with Gasteiger partial charge in [0, 0.05) is 25.5 Å². The molecular formula is C18H19N9. The van der Waals surface area contributed by atoms with E-state index in [1.807, 2.05) is 41.1 Å². The number of imidazole rings is 1. The lowest BCUT2D eigenvalue weighted by molar-refractivity contribution is 0.587. The highest BCUT2D eigenvalue weighted by Gasteiger charge is 2.17. The number of hydrogen-bond acceptors (Lipinski definition) is 6. The molecule has 136 valence electrons. The molecule has 1 N–H and O–H groups in total. The minimum atomic E-state index is 0.512. The molecule has 0 radical (unpaired) electrons. The molecule has 4 heterocycles. The fourth-order valence-electron chi connectivity index (χ4n) is 3.37. The molecule has 0 spiro atoms. The number of tetrazole rings is 1. The van der Waals surface area contributed by atoms with Gasteiger partial charge in [-0.25, -0.2) is 4.98 Å². The minimum absolute atomic E-state index is 0.512. The van der Waals surface area contributed by atoms with E-state index in [4.69, 9.17) is 5.10 Å². The largest absolute Gasteiger partial charge is 0.322 e. The van der Waals surface area contributed by atoms with Crippen LogP contribution in [0.4, 0.5) is 0 Å². The lowest BCUT2D eigenvalue weighted by atomic mass is 10.3. The van der Waals surface area contributed by atoms with Crippen molar-refractivity contribution in [2.24, 2.45) is 0 Å². The molecule has 1 aromatic carbocycles. The monoisotopic (exact) mass is 361 g/mol. The third-order valence-electron chi connectivity index (χ3n) is 4.68. The lowest BCUT2D eigenvalue weighted by Gasteiger charge is -2.07. The number of fused-ring (bicyclic) bond motifs is 1. The maximum atomic E-state index is 4.76. The first-order valence-electron chi connectivity index (χ1n) is 9.00. The van der Waals surface area contributed by atoms with E-state index >= 15 is 0 Å². The second-order valence-electron chi connectivity index (χ2n) is 6.50. The maximum absolute atomic E-state index is 4.76. The van der Waals surface area contributed by atoms with Gasteiger partial charge in [0.15, 0.2) is 11.6 Å². The molecule has 0 aliphatic carbocycles. The van der Waals surface area contributed by atoms with Gasteiger partial charge in [-0.3, -0.25) is 4.68 Å². The van der Waals surface area contributed by atoms with Crippen molar-refractivity contribution >= 4 is 0 Å². The highest BCUT2D eigenvalue weighted by molar-refractivity contribution is 5.50. The average Bonchev–Trinajstić information content (AvgIpc) is 3.41. The Balaban J connectivity index is 1.46. The maximum Gasteiger partial charge on any atom is 0.176 e. The molecule has 0 bridgehead atoms. The Labute approximate surface area is 155 Å². The summed E-state index contributed by atoms with van der Waals surface area (Å²) >= 11 is 0. The molecule has 0 fully saturated rings. The number of aromatic nitrogens is 8. The van der Waals surface area contributed by atoms with E-state index in [1.54, 1.807) is 10.9 Å². The predicted octanol–water partition coefficient (Wildman–Crippen LogP) is 1.26. The minimum Gasteiger partial charge on any atom is -0.322 e. The number of nitrogens with one attached hydrogen (secondary N) is 1. The van der Waals surface area contributed by atoms with Gasteiger partial charge in [0.05, 0.1) is 17.9 Å². The number of hydrogen-bond donors (Lipinski definition) is 1. The van der Waals surface area contributed by atoms with E-state index in [1.165, 1.54) is 5.69 Å².